The van der Waals surface area contributed by atoms with E-state index in [1.807, 2.05) is 0 Å². The molecule has 1 N–H and O–H groups in total. The van der Waals surface area contributed by atoms with Gasteiger partial charge in [0, 0.05) is 6.54 Å². The van der Waals surface area contributed by atoms with E-state index in [9.17, 15) is 9.18 Å². The molecule has 1 aromatic carbocycles. The van der Waals surface area contributed by atoms with E-state index in [4.69, 9.17) is 4.74 Å². The third kappa shape index (κ3) is 3.33. The zero-order valence-corrected chi connectivity index (χ0v) is 12.1. The fourth-order valence-electron chi connectivity index (χ4n) is 1.72. The zero-order valence-electron chi connectivity index (χ0n) is 11.3. The standard InChI is InChI=1S/C14H15FN2O2S/c1-3-19-14(18)12-9(2)17-20-13(12)16-8-10-4-6-11(15)7-5-10/h4-7,16H,3,8H2,1-2H3. The number of hydrogen-bond donors (Lipinski definition) is 1. The predicted molar refractivity (Wildman–Crippen MR) is 76.5 cm³/mol. The summed E-state index contributed by atoms with van der Waals surface area (Å²) < 4.78 is 22.0. The lowest BCUT2D eigenvalue weighted by Crippen LogP contribution is -2.09. The molecule has 6 heteroatoms. The Morgan fingerprint density at radius 3 is 2.75 bits per heavy atom. The van der Waals surface area contributed by atoms with Crippen molar-refractivity contribution in [3.63, 3.8) is 0 Å². The van der Waals surface area contributed by atoms with Gasteiger partial charge in [-0.2, -0.15) is 4.37 Å². The van der Waals surface area contributed by atoms with Crippen LogP contribution >= 0.6 is 11.5 Å². The van der Waals surface area contributed by atoms with Crippen molar-refractivity contribution in [2.24, 2.45) is 0 Å². The molecular formula is C14H15FN2O2S. The number of hydrogen-bond acceptors (Lipinski definition) is 5. The topological polar surface area (TPSA) is 51.2 Å². The number of aryl methyl sites for hydroxylation is 1. The van der Waals surface area contributed by atoms with E-state index >= 15 is 0 Å². The van der Waals surface area contributed by atoms with Gasteiger partial charge >= 0.3 is 5.97 Å². The Hall–Kier alpha value is -1.95. The molecule has 0 amide bonds. The molecule has 0 fully saturated rings. The van der Waals surface area contributed by atoms with Crippen LogP contribution in [0.25, 0.3) is 0 Å². The second-order valence-corrected chi connectivity index (χ2v) is 4.95. The summed E-state index contributed by atoms with van der Waals surface area (Å²) >= 11 is 1.22. The number of esters is 1. The van der Waals surface area contributed by atoms with Gasteiger partial charge in [-0.15, -0.1) is 0 Å². The average Bonchev–Trinajstić information content (AvgIpc) is 2.79. The molecule has 1 heterocycles. The highest BCUT2D eigenvalue weighted by atomic mass is 32.1. The molecule has 20 heavy (non-hydrogen) atoms. The summed E-state index contributed by atoms with van der Waals surface area (Å²) in [6, 6.07) is 6.20. The number of carbonyl (C=O) groups is 1. The smallest absolute Gasteiger partial charge is 0.343 e. The van der Waals surface area contributed by atoms with Crippen molar-refractivity contribution in [1.29, 1.82) is 0 Å². The molecule has 0 spiro atoms. The Morgan fingerprint density at radius 1 is 1.40 bits per heavy atom. The first-order valence-electron chi connectivity index (χ1n) is 6.23. The number of ether oxygens (including phenoxy) is 1. The number of aromatic nitrogens is 1. The van der Waals surface area contributed by atoms with Gasteiger partial charge in [-0.05, 0) is 43.1 Å². The van der Waals surface area contributed by atoms with Gasteiger partial charge in [0.25, 0.3) is 0 Å². The second kappa shape index (κ2) is 6.47. The van der Waals surface area contributed by atoms with Crippen molar-refractivity contribution in [1.82, 2.24) is 4.37 Å². The molecule has 0 bridgehead atoms. The minimum Gasteiger partial charge on any atom is -0.462 e. The number of rotatable bonds is 5. The minimum atomic E-state index is -0.375. The monoisotopic (exact) mass is 294 g/mol. The molecule has 106 valence electrons. The molecule has 2 aromatic rings. The highest BCUT2D eigenvalue weighted by molar-refractivity contribution is 7.10. The van der Waals surface area contributed by atoms with Gasteiger partial charge in [-0.3, -0.25) is 0 Å². The van der Waals surface area contributed by atoms with Gasteiger partial charge in [0.2, 0.25) is 0 Å². The molecule has 0 aliphatic carbocycles. The largest absolute Gasteiger partial charge is 0.462 e. The summed E-state index contributed by atoms with van der Waals surface area (Å²) in [5, 5.41) is 3.81. The molecular weight excluding hydrogens is 279 g/mol. The lowest BCUT2D eigenvalue weighted by Gasteiger charge is -2.07. The van der Waals surface area contributed by atoms with Crippen LogP contribution in [0, 0.1) is 12.7 Å². The van der Waals surface area contributed by atoms with Crippen molar-refractivity contribution in [3.8, 4) is 0 Å². The normalized spacial score (nSPS) is 10.3. The van der Waals surface area contributed by atoms with Crippen molar-refractivity contribution in [2.75, 3.05) is 11.9 Å². The van der Waals surface area contributed by atoms with Crippen LogP contribution in [0.3, 0.4) is 0 Å². The molecule has 4 nitrogen and oxygen atoms in total. The van der Waals surface area contributed by atoms with Crippen molar-refractivity contribution >= 4 is 22.5 Å². The number of halogens is 1. The number of carbonyl (C=O) groups excluding carboxylic acids is 1. The molecule has 0 atom stereocenters. The Kier molecular flexibility index (Phi) is 4.68. The van der Waals surface area contributed by atoms with Crippen LogP contribution in [0.15, 0.2) is 24.3 Å². The maximum Gasteiger partial charge on any atom is 0.343 e. The number of anilines is 1. The summed E-state index contributed by atoms with van der Waals surface area (Å²) in [5.74, 6) is -0.644. The summed E-state index contributed by atoms with van der Waals surface area (Å²) in [7, 11) is 0. The van der Waals surface area contributed by atoms with E-state index < -0.39 is 0 Å². The molecule has 0 saturated carbocycles. The Bertz CT molecular complexity index is 596. The van der Waals surface area contributed by atoms with Crippen molar-refractivity contribution in [3.05, 3.63) is 46.9 Å². The van der Waals surface area contributed by atoms with E-state index in [-0.39, 0.29) is 11.8 Å². The number of nitrogens with zero attached hydrogens (tertiary/aromatic N) is 1. The van der Waals surface area contributed by atoms with Gasteiger partial charge in [0.15, 0.2) is 0 Å². The van der Waals surface area contributed by atoms with Crippen LogP contribution in [0.5, 0.6) is 0 Å². The summed E-state index contributed by atoms with van der Waals surface area (Å²) in [5.41, 5.74) is 2.04. The SMILES string of the molecule is CCOC(=O)c1c(C)nsc1NCc1ccc(F)cc1. The molecule has 1 aromatic heterocycles. The molecule has 0 radical (unpaired) electrons. The Morgan fingerprint density at radius 2 is 2.10 bits per heavy atom. The first-order chi connectivity index (χ1) is 9.61. The van der Waals surface area contributed by atoms with Crippen LogP contribution in [0.1, 0.15) is 28.5 Å². The van der Waals surface area contributed by atoms with Crippen LogP contribution in [-0.4, -0.2) is 16.9 Å². The molecule has 0 unspecified atom stereocenters. The number of nitrogens with one attached hydrogen (secondary N) is 1. The van der Waals surface area contributed by atoms with Gasteiger partial charge in [0.05, 0.1) is 12.3 Å². The summed E-state index contributed by atoms with van der Waals surface area (Å²) in [6.45, 7) is 4.35. The fraction of sp³-hybridized carbons (Fsp3) is 0.286. The maximum atomic E-state index is 12.8. The highest BCUT2D eigenvalue weighted by Crippen LogP contribution is 2.25. The number of benzene rings is 1. The first-order valence-corrected chi connectivity index (χ1v) is 7.01. The third-order valence-electron chi connectivity index (χ3n) is 2.71. The van der Waals surface area contributed by atoms with Crippen LogP contribution in [-0.2, 0) is 11.3 Å². The molecule has 0 saturated heterocycles. The summed E-state index contributed by atoms with van der Waals surface area (Å²) in [4.78, 5) is 11.9. The van der Waals surface area contributed by atoms with Crippen LogP contribution < -0.4 is 5.32 Å². The van der Waals surface area contributed by atoms with Crippen molar-refractivity contribution in [2.45, 2.75) is 20.4 Å². The van der Waals surface area contributed by atoms with E-state index in [2.05, 4.69) is 9.69 Å². The zero-order chi connectivity index (χ0) is 14.5. The van der Waals surface area contributed by atoms with E-state index in [0.29, 0.717) is 29.4 Å². The van der Waals surface area contributed by atoms with Crippen molar-refractivity contribution < 1.29 is 13.9 Å². The first kappa shape index (κ1) is 14.5. The van der Waals surface area contributed by atoms with Crippen LogP contribution in [0.4, 0.5) is 9.39 Å². The van der Waals surface area contributed by atoms with Gasteiger partial charge < -0.3 is 10.1 Å². The maximum absolute atomic E-state index is 12.8. The van der Waals surface area contributed by atoms with Gasteiger partial charge in [-0.1, -0.05) is 12.1 Å². The predicted octanol–water partition coefficient (Wildman–Crippen LogP) is 3.38. The average molecular weight is 294 g/mol. The van der Waals surface area contributed by atoms with Crippen LogP contribution in [0.2, 0.25) is 0 Å². The fourth-order valence-corrected chi connectivity index (χ4v) is 2.50. The molecule has 0 aliphatic rings. The molecule has 0 aliphatic heterocycles. The van der Waals surface area contributed by atoms with E-state index in [1.165, 1.54) is 23.7 Å². The Labute approximate surface area is 120 Å². The van der Waals surface area contributed by atoms with E-state index in [1.54, 1.807) is 26.0 Å². The quantitative estimate of drug-likeness (QED) is 0.859. The molecule has 2 rings (SSSR count). The second-order valence-electron chi connectivity index (χ2n) is 4.17. The van der Waals surface area contributed by atoms with E-state index in [0.717, 1.165) is 5.56 Å². The summed E-state index contributed by atoms with van der Waals surface area (Å²) in [6.07, 6.45) is 0. The van der Waals surface area contributed by atoms with Gasteiger partial charge in [0.1, 0.15) is 16.4 Å². The minimum absolute atomic E-state index is 0.269. The Balaban J connectivity index is 2.10. The van der Waals surface area contributed by atoms with Gasteiger partial charge in [-0.25, -0.2) is 9.18 Å². The highest BCUT2D eigenvalue weighted by Gasteiger charge is 2.19. The lowest BCUT2D eigenvalue weighted by molar-refractivity contribution is 0.0527. The third-order valence-corrected chi connectivity index (χ3v) is 3.60. The lowest BCUT2D eigenvalue weighted by atomic mass is 10.2.